The standard InChI is InChI=1S/C25H24FN3O5S/c1-2-34-24(30)15-23-28(16-18-6-5-7-19(26)12-18)25(31)22(35-23)14-17-8-9-20(21(13-17)29(32)33)27-10-3-4-11-27/h5-9,12-15H,2-4,10-11,16H2,1H3/b22-14-,23-15-. The van der Waals surface area contributed by atoms with Crippen molar-refractivity contribution in [2.24, 2.45) is 0 Å². The molecule has 1 fully saturated rings. The average molecular weight is 498 g/mol. The van der Waals surface area contributed by atoms with Crippen molar-refractivity contribution >= 4 is 40.8 Å². The molecule has 0 unspecified atom stereocenters. The number of nitro benzene ring substituents is 1. The van der Waals surface area contributed by atoms with Crippen LogP contribution in [0.25, 0.3) is 12.2 Å². The number of rotatable bonds is 7. The van der Waals surface area contributed by atoms with Gasteiger partial charge in [-0.15, -0.1) is 11.3 Å². The Kier molecular flexibility index (Phi) is 7.40. The Bertz CT molecular complexity index is 1440. The third-order valence-corrected chi connectivity index (χ3v) is 6.69. The molecule has 0 aliphatic carbocycles. The third-order valence-electron chi connectivity index (χ3n) is 5.63. The van der Waals surface area contributed by atoms with Crippen molar-refractivity contribution in [3.05, 3.63) is 89.1 Å². The lowest BCUT2D eigenvalue weighted by Gasteiger charge is -2.17. The lowest BCUT2D eigenvalue weighted by molar-refractivity contribution is -0.384. The Morgan fingerprint density at radius 2 is 2.00 bits per heavy atom. The molecule has 1 aliphatic heterocycles. The smallest absolute Gasteiger partial charge is 0.333 e. The van der Waals surface area contributed by atoms with Crippen LogP contribution < -0.4 is 19.7 Å². The van der Waals surface area contributed by atoms with Crippen LogP contribution in [-0.4, -0.2) is 35.2 Å². The number of hydrogen-bond acceptors (Lipinski definition) is 7. The van der Waals surface area contributed by atoms with Gasteiger partial charge < -0.3 is 9.64 Å². The van der Waals surface area contributed by atoms with E-state index in [-0.39, 0.29) is 24.4 Å². The van der Waals surface area contributed by atoms with E-state index in [0.717, 1.165) is 37.3 Å². The van der Waals surface area contributed by atoms with Gasteiger partial charge in [-0.1, -0.05) is 18.2 Å². The first-order chi connectivity index (χ1) is 16.9. The molecule has 182 valence electrons. The zero-order valence-corrected chi connectivity index (χ0v) is 19.9. The molecule has 1 aliphatic rings. The molecule has 2 heterocycles. The lowest BCUT2D eigenvalue weighted by Crippen LogP contribution is -2.32. The van der Waals surface area contributed by atoms with E-state index in [1.54, 1.807) is 37.3 Å². The van der Waals surface area contributed by atoms with Crippen molar-refractivity contribution in [2.75, 3.05) is 24.6 Å². The van der Waals surface area contributed by atoms with E-state index in [9.17, 15) is 24.1 Å². The van der Waals surface area contributed by atoms with Gasteiger partial charge in [0.2, 0.25) is 0 Å². The second-order valence-corrected chi connectivity index (χ2v) is 9.13. The molecular formula is C25H24FN3O5S. The van der Waals surface area contributed by atoms with E-state index in [4.69, 9.17) is 4.74 Å². The number of ether oxygens (including phenoxy) is 1. The summed E-state index contributed by atoms with van der Waals surface area (Å²) in [5, 5.41) is 11.7. The summed E-state index contributed by atoms with van der Waals surface area (Å²) >= 11 is 1.07. The summed E-state index contributed by atoms with van der Waals surface area (Å²) in [5.74, 6) is -1.03. The number of aromatic nitrogens is 1. The summed E-state index contributed by atoms with van der Waals surface area (Å²) in [7, 11) is 0. The first-order valence-corrected chi connectivity index (χ1v) is 12.0. The first-order valence-electron chi connectivity index (χ1n) is 11.2. The predicted molar refractivity (Wildman–Crippen MR) is 133 cm³/mol. The molecule has 0 amide bonds. The van der Waals surface area contributed by atoms with Crippen molar-refractivity contribution in [3.8, 4) is 0 Å². The van der Waals surface area contributed by atoms with Gasteiger partial charge in [-0.2, -0.15) is 0 Å². The summed E-state index contributed by atoms with van der Waals surface area (Å²) in [6.07, 6.45) is 4.78. The Morgan fingerprint density at radius 1 is 1.23 bits per heavy atom. The number of anilines is 1. The van der Waals surface area contributed by atoms with Gasteiger partial charge in [-0.25, -0.2) is 9.18 Å². The third kappa shape index (κ3) is 5.65. The molecule has 1 aromatic heterocycles. The molecular weight excluding hydrogens is 473 g/mol. The van der Waals surface area contributed by atoms with Crippen LogP contribution in [-0.2, 0) is 16.1 Å². The number of benzene rings is 2. The number of halogens is 1. The molecule has 4 rings (SSSR count). The summed E-state index contributed by atoms with van der Waals surface area (Å²) in [6, 6.07) is 10.8. The van der Waals surface area contributed by atoms with Crippen molar-refractivity contribution in [2.45, 2.75) is 26.3 Å². The summed E-state index contributed by atoms with van der Waals surface area (Å²) in [4.78, 5) is 38.7. The molecule has 8 nitrogen and oxygen atoms in total. The molecule has 0 atom stereocenters. The highest BCUT2D eigenvalue weighted by Crippen LogP contribution is 2.31. The molecule has 2 aromatic carbocycles. The fourth-order valence-electron chi connectivity index (χ4n) is 4.05. The van der Waals surface area contributed by atoms with Crippen LogP contribution in [0.5, 0.6) is 0 Å². The maximum atomic E-state index is 13.7. The van der Waals surface area contributed by atoms with E-state index in [1.807, 2.05) is 4.90 Å². The van der Waals surface area contributed by atoms with E-state index in [2.05, 4.69) is 0 Å². The Balaban J connectivity index is 1.81. The average Bonchev–Trinajstić information content (AvgIpc) is 3.44. The maximum absolute atomic E-state index is 13.7. The largest absolute Gasteiger partial charge is 0.463 e. The number of carbonyl (C=O) groups excluding carboxylic acids is 1. The number of nitrogens with zero attached hydrogens (tertiary/aromatic N) is 3. The molecule has 35 heavy (non-hydrogen) atoms. The van der Waals surface area contributed by atoms with Crippen molar-refractivity contribution < 1.29 is 18.8 Å². The van der Waals surface area contributed by atoms with Crippen LogP contribution in [0.2, 0.25) is 0 Å². The number of hydrogen-bond donors (Lipinski definition) is 0. The summed E-state index contributed by atoms with van der Waals surface area (Å²) in [6.45, 7) is 3.46. The van der Waals surface area contributed by atoms with Gasteiger partial charge in [0.05, 0.1) is 28.7 Å². The zero-order chi connectivity index (χ0) is 24.9. The van der Waals surface area contributed by atoms with Gasteiger partial charge in [0.15, 0.2) is 0 Å². The SMILES string of the molecule is CCOC(=O)/C=c1\s/c(=C\c2ccc(N3CCCC3)c([N+](=O)[O-])c2)c(=O)n1Cc1cccc(F)c1. The second-order valence-electron chi connectivity index (χ2n) is 8.07. The van der Waals surface area contributed by atoms with Crippen LogP contribution in [0.1, 0.15) is 30.9 Å². The highest BCUT2D eigenvalue weighted by atomic mass is 32.1. The van der Waals surface area contributed by atoms with Gasteiger partial charge >= 0.3 is 5.97 Å². The molecule has 0 bridgehead atoms. The highest BCUT2D eigenvalue weighted by molar-refractivity contribution is 7.07. The first kappa shape index (κ1) is 24.3. The van der Waals surface area contributed by atoms with Crippen molar-refractivity contribution in [3.63, 3.8) is 0 Å². The molecule has 10 heteroatoms. The fourth-order valence-corrected chi connectivity index (χ4v) is 5.08. The predicted octanol–water partition coefficient (Wildman–Crippen LogP) is 2.78. The Hall–Kier alpha value is -3.79. The molecule has 0 radical (unpaired) electrons. The second kappa shape index (κ2) is 10.6. The minimum Gasteiger partial charge on any atom is -0.463 e. The Labute approximate surface area is 204 Å². The van der Waals surface area contributed by atoms with Crippen LogP contribution in [0.3, 0.4) is 0 Å². The van der Waals surface area contributed by atoms with Crippen molar-refractivity contribution in [1.82, 2.24) is 4.57 Å². The maximum Gasteiger partial charge on any atom is 0.333 e. The molecule has 3 aromatic rings. The summed E-state index contributed by atoms with van der Waals surface area (Å²) in [5.41, 5.74) is 1.21. The van der Waals surface area contributed by atoms with E-state index >= 15 is 0 Å². The van der Waals surface area contributed by atoms with Gasteiger partial charge in [0.1, 0.15) is 16.2 Å². The minimum atomic E-state index is -0.598. The monoisotopic (exact) mass is 497 g/mol. The fraction of sp³-hybridized carbons (Fsp3) is 0.280. The lowest BCUT2D eigenvalue weighted by atomic mass is 10.1. The topological polar surface area (TPSA) is 94.7 Å². The van der Waals surface area contributed by atoms with E-state index in [0.29, 0.717) is 26.0 Å². The quantitative estimate of drug-likeness (QED) is 0.283. The molecule has 1 saturated heterocycles. The number of esters is 1. The van der Waals surface area contributed by atoms with Crippen LogP contribution in [0.15, 0.2) is 47.3 Å². The number of carbonyl (C=O) groups is 1. The Morgan fingerprint density at radius 3 is 2.69 bits per heavy atom. The normalized spacial score (nSPS) is 14.5. The van der Waals surface area contributed by atoms with E-state index in [1.165, 1.54) is 28.8 Å². The number of thiazole rings is 1. The van der Waals surface area contributed by atoms with Gasteiger partial charge in [-0.05, 0) is 55.2 Å². The minimum absolute atomic E-state index is 0.0180. The van der Waals surface area contributed by atoms with Crippen LogP contribution in [0, 0.1) is 15.9 Å². The van der Waals surface area contributed by atoms with Gasteiger partial charge in [0.25, 0.3) is 11.2 Å². The molecule has 0 spiro atoms. The van der Waals surface area contributed by atoms with Crippen LogP contribution >= 0.6 is 11.3 Å². The summed E-state index contributed by atoms with van der Waals surface area (Å²) < 4.78 is 20.7. The molecule has 0 N–H and O–H groups in total. The number of nitro groups is 1. The van der Waals surface area contributed by atoms with E-state index < -0.39 is 16.7 Å². The van der Waals surface area contributed by atoms with Crippen LogP contribution in [0.4, 0.5) is 15.8 Å². The zero-order valence-electron chi connectivity index (χ0n) is 19.1. The van der Waals surface area contributed by atoms with Gasteiger partial charge in [0, 0.05) is 19.2 Å². The van der Waals surface area contributed by atoms with Gasteiger partial charge in [-0.3, -0.25) is 19.5 Å². The van der Waals surface area contributed by atoms with Crippen molar-refractivity contribution in [1.29, 1.82) is 0 Å². The highest BCUT2D eigenvalue weighted by Gasteiger charge is 2.22. The molecule has 0 saturated carbocycles.